The highest BCUT2D eigenvalue weighted by molar-refractivity contribution is 7.92. The number of anilines is 1. The molecule has 1 aliphatic carbocycles. The average Bonchev–Trinajstić information content (AvgIpc) is 3.75. The van der Waals surface area contributed by atoms with Gasteiger partial charge in [-0.1, -0.05) is 0 Å². The van der Waals surface area contributed by atoms with Crippen molar-refractivity contribution in [3.8, 4) is 28.2 Å². The molecule has 0 atom stereocenters. The van der Waals surface area contributed by atoms with Crippen LogP contribution in [0, 0.1) is 11.6 Å². The van der Waals surface area contributed by atoms with E-state index in [4.69, 9.17) is 9.15 Å². The Labute approximate surface area is 275 Å². The smallest absolute Gasteiger partial charge is 0.255 e. The summed E-state index contributed by atoms with van der Waals surface area (Å²) in [6.45, 7) is 1.63. The van der Waals surface area contributed by atoms with Gasteiger partial charge >= 0.3 is 0 Å². The van der Waals surface area contributed by atoms with Gasteiger partial charge in [0.1, 0.15) is 22.7 Å². The van der Waals surface area contributed by atoms with E-state index in [1.54, 1.807) is 25.4 Å². The predicted molar refractivity (Wildman–Crippen MR) is 175 cm³/mol. The lowest BCUT2D eigenvalue weighted by atomic mass is 9.96. The molecule has 6 rings (SSSR count). The summed E-state index contributed by atoms with van der Waals surface area (Å²) in [5.74, 6) is -2.31. The van der Waals surface area contributed by atoms with Gasteiger partial charge in [-0.25, -0.2) is 27.2 Å². The van der Waals surface area contributed by atoms with Gasteiger partial charge < -0.3 is 19.8 Å². The van der Waals surface area contributed by atoms with Gasteiger partial charge in [0.25, 0.3) is 11.8 Å². The number of nitrogens with zero attached hydrogens (tertiary/aromatic N) is 3. The van der Waals surface area contributed by atoms with Crippen molar-refractivity contribution in [2.24, 2.45) is 0 Å². The molecule has 3 aromatic carbocycles. The third kappa shape index (κ3) is 5.83. The maximum absolute atomic E-state index is 15.8. The second-order valence-electron chi connectivity index (χ2n) is 11.3. The van der Waals surface area contributed by atoms with E-state index in [0.717, 1.165) is 16.6 Å². The van der Waals surface area contributed by atoms with Gasteiger partial charge in [0.15, 0.2) is 17.4 Å². The number of hydrogen-bond acceptors (Lipinski definition) is 8. The molecule has 1 fully saturated rings. The molecule has 0 aliphatic heterocycles. The van der Waals surface area contributed by atoms with Crippen LogP contribution in [-0.4, -0.2) is 57.2 Å². The molecule has 248 valence electrons. The third-order valence-electron chi connectivity index (χ3n) is 8.22. The largest absolute Gasteiger partial charge is 0.493 e. The molecule has 1 saturated carbocycles. The quantitative estimate of drug-likeness (QED) is 0.200. The van der Waals surface area contributed by atoms with E-state index >= 15 is 4.39 Å². The topological polar surface area (TPSA) is 144 Å². The van der Waals surface area contributed by atoms with Gasteiger partial charge in [0.2, 0.25) is 10.0 Å². The molecule has 2 N–H and O–H groups in total. The molecule has 0 radical (unpaired) electrons. The normalized spacial score (nSPS) is 13.6. The maximum atomic E-state index is 15.8. The van der Waals surface area contributed by atoms with Crippen molar-refractivity contribution in [1.29, 1.82) is 0 Å². The Bertz CT molecular complexity index is 2170. The number of methoxy groups -OCH3 is 1. The van der Waals surface area contributed by atoms with Crippen LogP contribution in [0.3, 0.4) is 0 Å². The Morgan fingerprint density at radius 1 is 1.02 bits per heavy atom. The first-order chi connectivity index (χ1) is 22.9. The van der Waals surface area contributed by atoms with Gasteiger partial charge in [-0.15, -0.1) is 0 Å². The van der Waals surface area contributed by atoms with E-state index < -0.39 is 39.0 Å². The number of carbonyl (C=O) groups is 2. The van der Waals surface area contributed by atoms with Crippen LogP contribution in [0.25, 0.3) is 33.4 Å². The Morgan fingerprint density at radius 2 is 1.71 bits per heavy atom. The summed E-state index contributed by atoms with van der Waals surface area (Å²) in [5, 5.41) is 5.79. The Balaban J connectivity index is 1.58. The predicted octanol–water partition coefficient (Wildman–Crippen LogP) is 5.41. The SMILES string of the molecule is CCN(c1cc2oc(-c3ccc(F)cc3)c(C(=O)NC)c2cc1-c1cc(F)c(OC)c(C(=O)NC2(c3ncccn3)CC2)c1)S(C)(=O)=O. The van der Waals surface area contributed by atoms with Crippen molar-refractivity contribution in [3.05, 3.63) is 95.6 Å². The standard InChI is InChI=1S/C34H31F2N5O6S/c1-5-41(48(4,44)45)26-18-27-23(28(32(43)37-2)29(47-27)19-7-9-21(35)10-8-19)17-22(26)20-15-24(30(46-3)25(36)16-20)31(42)40-34(11-12-34)33-38-13-6-14-39-33/h6-10,13-18H,5,11-12H2,1-4H3,(H,37,43)(H,40,42). The lowest BCUT2D eigenvalue weighted by molar-refractivity contribution is 0.0923. The van der Waals surface area contributed by atoms with Crippen LogP contribution in [-0.2, 0) is 15.6 Å². The molecule has 2 heterocycles. The summed E-state index contributed by atoms with van der Waals surface area (Å²) in [7, 11) is -1.21. The highest BCUT2D eigenvalue weighted by Crippen LogP contribution is 2.45. The zero-order valence-electron chi connectivity index (χ0n) is 26.4. The molecule has 0 spiro atoms. The number of hydrogen-bond donors (Lipinski definition) is 2. The lowest BCUT2D eigenvalue weighted by Gasteiger charge is -2.24. The fourth-order valence-electron chi connectivity index (χ4n) is 5.79. The van der Waals surface area contributed by atoms with Gasteiger partial charge in [-0.3, -0.25) is 13.9 Å². The minimum absolute atomic E-state index is 0.00323. The van der Waals surface area contributed by atoms with Crippen molar-refractivity contribution in [2.75, 3.05) is 31.3 Å². The highest BCUT2D eigenvalue weighted by Gasteiger charge is 2.49. The van der Waals surface area contributed by atoms with Crippen molar-refractivity contribution >= 4 is 38.5 Å². The molecular formula is C34H31F2N5O6S. The van der Waals surface area contributed by atoms with Crippen LogP contribution < -0.4 is 19.7 Å². The Morgan fingerprint density at radius 3 is 2.29 bits per heavy atom. The summed E-state index contributed by atoms with van der Waals surface area (Å²) in [6, 6.07) is 12.5. The molecule has 5 aromatic rings. The molecule has 0 bridgehead atoms. The molecule has 0 unspecified atom stereocenters. The first-order valence-electron chi connectivity index (χ1n) is 14.9. The molecule has 14 heteroatoms. The summed E-state index contributed by atoms with van der Waals surface area (Å²) in [5.41, 5.74) is 0.108. The van der Waals surface area contributed by atoms with E-state index in [-0.39, 0.29) is 57.0 Å². The molecular weight excluding hydrogens is 644 g/mol. The van der Waals surface area contributed by atoms with Crippen molar-refractivity contribution in [1.82, 2.24) is 20.6 Å². The van der Waals surface area contributed by atoms with Crippen LogP contribution in [0.2, 0.25) is 0 Å². The van der Waals surface area contributed by atoms with Crippen molar-refractivity contribution in [3.63, 3.8) is 0 Å². The fraction of sp³-hybridized carbons (Fsp3) is 0.235. The summed E-state index contributed by atoms with van der Waals surface area (Å²) < 4.78 is 68.2. The number of nitrogens with one attached hydrogen (secondary N) is 2. The molecule has 2 amide bonds. The van der Waals surface area contributed by atoms with Gasteiger partial charge in [-0.05, 0) is 73.9 Å². The fourth-order valence-corrected chi connectivity index (χ4v) is 6.77. The summed E-state index contributed by atoms with van der Waals surface area (Å²) >= 11 is 0. The molecule has 48 heavy (non-hydrogen) atoms. The minimum atomic E-state index is -3.89. The summed E-state index contributed by atoms with van der Waals surface area (Å²) in [6.07, 6.45) is 5.32. The molecule has 11 nitrogen and oxygen atoms in total. The maximum Gasteiger partial charge on any atom is 0.255 e. The molecule has 0 saturated heterocycles. The number of amides is 2. The molecule has 1 aliphatic rings. The number of furan rings is 1. The van der Waals surface area contributed by atoms with E-state index in [2.05, 4.69) is 20.6 Å². The highest BCUT2D eigenvalue weighted by atomic mass is 32.2. The number of rotatable bonds is 10. The zero-order valence-corrected chi connectivity index (χ0v) is 27.2. The Kier molecular flexibility index (Phi) is 8.37. The number of sulfonamides is 1. The number of fused-ring (bicyclic) bond motifs is 1. The first kappa shape index (κ1) is 32.6. The number of halogens is 2. The van der Waals surface area contributed by atoms with Gasteiger partial charge in [0.05, 0.1) is 30.2 Å². The summed E-state index contributed by atoms with van der Waals surface area (Å²) in [4.78, 5) is 35.6. The lowest BCUT2D eigenvalue weighted by Crippen LogP contribution is -2.36. The molecule has 2 aromatic heterocycles. The van der Waals surface area contributed by atoms with Crippen molar-refractivity contribution < 1.29 is 35.9 Å². The van der Waals surface area contributed by atoms with Gasteiger partial charge in [0, 0.05) is 48.6 Å². The van der Waals surface area contributed by atoms with Crippen LogP contribution in [0.15, 0.2) is 71.4 Å². The van der Waals surface area contributed by atoms with Gasteiger partial charge in [-0.2, -0.15) is 0 Å². The second-order valence-corrected chi connectivity index (χ2v) is 13.2. The van der Waals surface area contributed by atoms with E-state index in [1.807, 2.05) is 0 Å². The number of aromatic nitrogens is 2. The minimum Gasteiger partial charge on any atom is -0.493 e. The Hall–Kier alpha value is -5.37. The average molecular weight is 676 g/mol. The number of benzene rings is 3. The second kappa shape index (κ2) is 12.3. The third-order valence-corrected chi connectivity index (χ3v) is 9.48. The van der Waals surface area contributed by atoms with Crippen LogP contribution in [0.1, 0.15) is 46.3 Å². The van der Waals surface area contributed by atoms with Crippen molar-refractivity contribution in [2.45, 2.75) is 25.3 Å². The first-order valence-corrected chi connectivity index (χ1v) is 16.8. The van der Waals surface area contributed by atoms with Crippen LogP contribution >= 0.6 is 0 Å². The monoisotopic (exact) mass is 675 g/mol. The number of ether oxygens (including phenoxy) is 1. The van der Waals surface area contributed by atoms with E-state index in [1.165, 1.54) is 56.6 Å². The van der Waals surface area contributed by atoms with Crippen LogP contribution in [0.5, 0.6) is 5.75 Å². The van der Waals surface area contributed by atoms with E-state index in [0.29, 0.717) is 24.2 Å². The zero-order chi connectivity index (χ0) is 34.4. The number of carbonyl (C=O) groups excluding carboxylic acids is 2. The van der Waals surface area contributed by atoms with Crippen LogP contribution in [0.4, 0.5) is 14.5 Å². The van der Waals surface area contributed by atoms with E-state index in [9.17, 15) is 22.4 Å².